The van der Waals surface area contributed by atoms with Crippen LogP contribution in [0.3, 0.4) is 0 Å². The Morgan fingerprint density at radius 3 is 2.67 bits per heavy atom. The highest BCUT2D eigenvalue weighted by atomic mass is 32.2. The molecule has 0 saturated heterocycles. The maximum absolute atomic E-state index is 12.4. The number of benzene rings is 1. The van der Waals surface area contributed by atoms with Crippen molar-refractivity contribution >= 4 is 10.0 Å². The van der Waals surface area contributed by atoms with Crippen LogP contribution in [-0.4, -0.2) is 21.5 Å². The maximum Gasteiger partial charge on any atom is 0.240 e. The van der Waals surface area contributed by atoms with Gasteiger partial charge in [0.2, 0.25) is 10.0 Å². The van der Waals surface area contributed by atoms with Crippen LogP contribution in [0.4, 0.5) is 0 Å². The molecule has 0 atom stereocenters. The molecule has 0 spiro atoms. The second-order valence-electron chi connectivity index (χ2n) is 5.93. The van der Waals surface area contributed by atoms with Gasteiger partial charge in [-0.25, -0.2) is 13.1 Å². The van der Waals surface area contributed by atoms with Crippen molar-refractivity contribution in [2.75, 3.05) is 13.1 Å². The van der Waals surface area contributed by atoms with E-state index in [4.69, 9.17) is 0 Å². The van der Waals surface area contributed by atoms with Gasteiger partial charge in [0.25, 0.3) is 0 Å². The SMILES string of the molecule is CCCNCc1ccc(C)c(S(=O)(=O)NCC2CCC2)c1. The van der Waals surface area contributed by atoms with Crippen molar-refractivity contribution in [2.45, 2.75) is 51.0 Å². The van der Waals surface area contributed by atoms with Crippen molar-refractivity contribution in [2.24, 2.45) is 5.92 Å². The van der Waals surface area contributed by atoms with Crippen molar-refractivity contribution in [3.63, 3.8) is 0 Å². The summed E-state index contributed by atoms with van der Waals surface area (Å²) >= 11 is 0. The highest BCUT2D eigenvalue weighted by molar-refractivity contribution is 7.89. The lowest BCUT2D eigenvalue weighted by atomic mass is 9.86. The minimum Gasteiger partial charge on any atom is -0.313 e. The van der Waals surface area contributed by atoms with E-state index in [9.17, 15) is 8.42 Å². The molecule has 2 rings (SSSR count). The first-order chi connectivity index (χ1) is 10.0. The van der Waals surface area contributed by atoms with Crippen LogP contribution in [0, 0.1) is 12.8 Å². The molecule has 1 aliphatic carbocycles. The van der Waals surface area contributed by atoms with Gasteiger partial charge in [-0.1, -0.05) is 25.5 Å². The molecule has 0 radical (unpaired) electrons. The summed E-state index contributed by atoms with van der Waals surface area (Å²) in [6, 6.07) is 5.67. The van der Waals surface area contributed by atoms with Crippen molar-refractivity contribution in [1.82, 2.24) is 10.0 Å². The third-order valence-electron chi connectivity index (χ3n) is 4.08. The molecule has 0 aliphatic heterocycles. The van der Waals surface area contributed by atoms with Crippen LogP contribution in [-0.2, 0) is 16.6 Å². The Morgan fingerprint density at radius 2 is 2.05 bits per heavy atom. The number of hydrogen-bond acceptors (Lipinski definition) is 3. The fourth-order valence-electron chi connectivity index (χ4n) is 2.46. The van der Waals surface area contributed by atoms with Crippen molar-refractivity contribution < 1.29 is 8.42 Å². The summed E-state index contributed by atoms with van der Waals surface area (Å²) in [4.78, 5) is 0.414. The van der Waals surface area contributed by atoms with Gasteiger partial charge in [-0.15, -0.1) is 0 Å². The molecule has 1 saturated carbocycles. The van der Waals surface area contributed by atoms with E-state index in [1.54, 1.807) is 6.07 Å². The molecule has 5 heteroatoms. The first kappa shape index (κ1) is 16.5. The highest BCUT2D eigenvalue weighted by Gasteiger charge is 2.22. The van der Waals surface area contributed by atoms with Crippen molar-refractivity contribution in [3.8, 4) is 0 Å². The molecule has 0 aromatic heterocycles. The molecule has 0 bridgehead atoms. The second-order valence-corrected chi connectivity index (χ2v) is 7.66. The van der Waals surface area contributed by atoms with E-state index in [1.165, 1.54) is 6.42 Å². The van der Waals surface area contributed by atoms with Gasteiger partial charge in [-0.05, 0) is 55.8 Å². The molecule has 1 aromatic carbocycles. The predicted molar refractivity (Wildman–Crippen MR) is 85.7 cm³/mol. The van der Waals surface area contributed by atoms with Gasteiger partial charge in [0.15, 0.2) is 0 Å². The summed E-state index contributed by atoms with van der Waals surface area (Å²) in [5, 5.41) is 3.30. The Kier molecular flexibility index (Phi) is 5.79. The molecule has 4 nitrogen and oxygen atoms in total. The molecule has 2 N–H and O–H groups in total. The van der Waals surface area contributed by atoms with Gasteiger partial charge >= 0.3 is 0 Å². The number of aryl methyl sites for hydroxylation is 1. The molecule has 0 unspecified atom stereocenters. The predicted octanol–water partition coefficient (Wildman–Crippen LogP) is 2.57. The highest BCUT2D eigenvalue weighted by Crippen LogP contribution is 2.26. The monoisotopic (exact) mass is 310 g/mol. The van der Waals surface area contributed by atoms with Gasteiger partial charge in [0.1, 0.15) is 0 Å². The van der Waals surface area contributed by atoms with Crippen molar-refractivity contribution in [1.29, 1.82) is 0 Å². The summed E-state index contributed by atoms with van der Waals surface area (Å²) < 4.78 is 27.7. The van der Waals surface area contributed by atoms with Crippen LogP contribution in [0.15, 0.2) is 23.1 Å². The summed E-state index contributed by atoms with van der Waals surface area (Å²) in [5.41, 5.74) is 1.81. The van der Waals surface area contributed by atoms with E-state index < -0.39 is 10.0 Å². The van der Waals surface area contributed by atoms with Crippen LogP contribution >= 0.6 is 0 Å². The van der Waals surface area contributed by atoms with E-state index in [1.807, 2.05) is 19.1 Å². The summed E-state index contributed by atoms with van der Waals surface area (Å²) in [6.07, 6.45) is 4.58. The standard InChI is InChI=1S/C16H26N2O2S/c1-3-9-17-11-15-8-7-13(2)16(10-15)21(19,20)18-12-14-5-4-6-14/h7-8,10,14,17-18H,3-6,9,11-12H2,1-2H3. The average Bonchev–Trinajstić information content (AvgIpc) is 2.39. The van der Waals surface area contributed by atoms with Crippen LogP contribution in [0.2, 0.25) is 0 Å². The third-order valence-corrected chi connectivity index (χ3v) is 5.65. The van der Waals surface area contributed by atoms with E-state index in [0.717, 1.165) is 36.9 Å². The zero-order valence-electron chi connectivity index (χ0n) is 13.0. The second kappa shape index (κ2) is 7.38. The number of rotatable bonds is 8. The van der Waals surface area contributed by atoms with Crippen LogP contribution < -0.4 is 10.0 Å². The van der Waals surface area contributed by atoms with Crippen LogP contribution in [0.25, 0.3) is 0 Å². The van der Waals surface area contributed by atoms with E-state index in [0.29, 0.717) is 23.9 Å². The quantitative estimate of drug-likeness (QED) is 0.726. The molecule has 1 aliphatic rings. The Balaban J connectivity index is 2.06. The fourth-order valence-corrected chi connectivity index (χ4v) is 3.86. The third kappa shape index (κ3) is 4.53. The van der Waals surface area contributed by atoms with Crippen molar-refractivity contribution in [3.05, 3.63) is 29.3 Å². The zero-order chi connectivity index (χ0) is 15.3. The molecule has 1 aromatic rings. The average molecular weight is 310 g/mol. The molecule has 1 fully saturated rings. The summed E-state index contributed by atoms with van der Waals surface area (Å²) in [6.45, 7) is 6.18. The van der Waals surface area contributed by atoms with Gasteiger partial charge in [0, 0.05) is 13.1 Å². The summed E-state index contributed by atoms with van der Waals surface area (Å²) in [7, 11) is -3.39. The molecule has 0 amide bonds. The lowest BCUT2D eigenvalue weighted by Crippen LogP contribution is -2.32. The van der Waals surface area contributed by atoms with Gasteiger partial charge in [-0.3, -0.25) is 0 Å². The largest absolute Gasteiger partial charge is 0.313 e. The minimum absolute atomic E-state index is 0.414. The molecular formula is C16H26N2O2S. The Labute approximate surface area is 128 Å². The number of sulfonamides is 1. The lowest BCUT2D eigenvalue weighted by molar-refractivity contribution is 0.316. The molecule has 21 heavy (non-hydrogen) atoms. The van der Waals surface area contributed by atoms with E-state index >= 15 is 0 Å². The maximum atomic E-state index is 12.4. The lowest BCUT2D eigenvalue weighted by Gasteiger charge is -2.25. The van der Waals surface area contributed by atoms with Gasteiger partial charge < -0.3 is 5.32 Å². The van der Waals surface area contributed by atoms with Gasteiger partial charge in [0.05, 0.1) is 4.90 Å². The first-order valence-corrected chi connectivity index (χ1v) is 9.31. The zero-order valence-corrected chi connectivity index (χ0v) is 13.8. The fraction of sp³-hybridized carbons (Fsp3) is 0.625. The normalized spacial score (nSPS) is 15.9. The molecule has 0 heterocycles. The minimum atomic E-state index is -3.39. The number of nitrogens with one attached hydrogen (secondary N) is 2. The number of hydrogen-bond donors (Lipinski definition) is 2. The Bertz CT molecular complexity index is 566. The topological polar surface area (TPSA) is 58.2 Å². The first-order valence-electron chi connectivity index (χ1n) is 7.83. The van der Waals surface area contributed by atoms with Crippen LogP contribution in [0.1, 0.15) is 43.7 Å². The Hall–Kier alpha value is -0.910. The van der Waals surface area contributed by atoms with Gasteiger partial charge in [-0.2, -0.15) is 0 Å². The molecule has 118 valence electrons. The molecular weight excluding hydrogens is 284 g/mol. The van der Waals surface area contributed by atoms with Crippen LogP contribution in [0.5, 0.6) is 0 Å². The smallest absolute Gasteiger partial charge is 0.240 e. The Morgan fingerprint density at radius 1 is 1.29 bits per heavy atom. The summed E-state index contributed by atoms with van der Waals surface area (Å²) in [5.74, 6) is 0.523. The van der Waals surface area contributed by atoms with E-state index in [2.05, 4.69) is 17.0 Å². The van der Waals surface area contributed by atoms with E-state index in [-0.39, 0.29) is 0 Å².